The molecule has 2 aromatic carbocycles. The van der Waals surface area contributed by atoms with Crippen molar-refractivity contribution < 1.29 is 9.90 Å². The van der Waals surface area contributed by atoms with E-state index in [2.05, 4.69) is 10.6 Å². The van der Waals surface area contributed by atoms with E-state index in [1.54, 1.807) is 24.3 Å². The SMILES string of the molecule is O=C(Nc1c(Cl)cc(Cl)c2ccc(O)cc12)NC1CCCCC1. The van der Waals surface area contributed by atoms with Gasteiger partial charge in [0.15, 0.2) is 0 Å². The first-order chi connectivity index (χ1) is 11.0. The van der Waals surface area contributed by atoms with E-state index in [1.165, 1.54) is 6.42 Å². The average molecular weight is 353 g/mol. The van der Waals surface area contributed by atoms with Crippen molar-refractivity contribution in [2.24, 2.45) is 0 Å². The van der Waals surface area contributed by atoms with Gasteiger partial charge in [-0.15, -0.1) is 0 Å². The number of phenolic OH excluding ortho intramolecular Hbond substituents is 1. The molecule has 0 heterocycles. The summed E-state index contributed by atoms with van der Waals surface area (Å²) in [5, 5.41) is 17.7. The van der Waals surface area contributed by atoms with Crippen LogP contribution in [0, 0.1) is 0 Å². The Morgan fingerprint density at radius 1 is 1.04 bits per heavy atom. The molecule has 0 aromatic heterocycles. The summed E-state index contributed by atoms with van der Waals surface area (Å²) in [5.41, 5.74) is 0.454. The fourth-order valence-corrected chi connectivity index (χ4v) is 3.63. The van der Waals surface area contributed by atoms with Crippen LogP contribution in [0.4, 0.5) is 10.5 Å². The maximum atomic E-state index is 12.3. The van der Waals surface area contributed by atoms with Gasteiger partial charge < -0.3 is 15.7 Å². The van der Waals surface area contributed by atoms with Crippen LogP contribution in [0.5, 0.6) is 5.75 Å². The van der Waals surface area contributed by atoms with Crippen molar-refractivity contribution in [3.05, 3.63) is 34.3 Å². The van der Waals surface area contributed by atoms with Gasteiger partial charge in [-0.2, -0.15) is 0 Å². The normalized spacial score (nSPS) is 15.6. The highest BCUT2D eigenvalue weighted by Crippen LogP contribution is 2.38. The number of aromatic hydroxyl groups is 1. The minimum Gasteiger partial charge on any atom is -0.508 e. The van der Waals surface area contributed by atoms with Crippen LogP contribution in [0.25, 0.3) is 10.8 Å². The van der Waals surface area contributed by atoms with Gasteiger partial charge in [0, 0.05) is 16.8 Å². The Balaban J connectivity index is 1.86. The molecule has 2 aromatic rings. The molecule has 1 saturated carbocycles. The van der Waals surface area contributed by atoms with Gasteiger partial charge in [0.25, 0.3) is 0 Å². The van der Waals surface area contributed by atoms with E-state index < -0.39 is 0 Å². The topological polar surface area (TPSA) is 61.4 Å². The number of urea groups is 1. The Labute approximate surface area is 144 Å². The van der Waals surface area contributed by atoms with Gasteiger partial charge in [0.05, 0.1) is 15.7 Å². The van der Waals surface area contributed by atoms with Crippen LogP contribution in [0.3, 0.4) is 0 Å². The Morgan fingerprint density at radius 3 is 2.52 bits per heavy atom. The Bertz CT molecular complexity index is 743. The summed E-state index contributed by atoms with van der Waals surface area (Å²) in [7, 11) is 0. The van der Waals surface area contributed by atoms with E-state index in [9.17, 15) is 9.90 Å². The third kappa shape index (κ3) is 3.65. The molecular weight excluding hydrogens is 335 g/mol. The number of amides is 2. The number of anilines is 1. The van der Waals surface area contributed by atoms with E-state index in [0.29, 0.717) is 21.1 Å². The van der Waals surface area contributed by atoms with E-state index >= 15 is 0 Å². The number of fused-ring (bicyclic) bond motifs is 1. The average Bonchev–Trinajstić information content (AvgIpc) is 2.52. The monoisotopic (exact) mass is 352 g/mol. The Hall–Kier alpha value is -1.65. The molecule has 1 fully saturated rings. The molecule has 3 rings (SSSR count). The molecule has 0 bridgehead atoms. The smallest absolute Gasteiger partial charge is 0.319 e. The maximum Gasteiger partial charge on any atom is 0.319 e. The molecule has 0 saturated heterocycles. The van der Waals surface area contributed by atoms with Crippen molar-refractivity contribution in [3.8, 4) is 5.75 Å². The molecule has 0 radical (unpaired) electrons. The minimum atomic E-state index is -0.286. The third-order valence-corrected chi connectivity index (χ3v) is 4.81. The number of nitrogens with one attached hydrogen (secondary N) is 2. The predicted molar refractivity (Wildman–Crippen MR) is 94.7 cm³/mol. The van der Waals surface area contributed by atoms with E-state index in [4.69, 9.17) is 23.2 Å². The lowest BCUT2D eigenvalue weighted by atomic mass is 9.96. The fourth-order valence-electron chi connectivity index (χ4n) is 3.05. The van der Waals surface area contributed by atoms with Gasteiger partial charge >= 0.3 is 6.03 Å². The number of hydrogen-bond acceptors (Lipinski definition) is 2. The van der Waals surface area contributed by atoms with Crippen LogP contribution in [0.2, 0.25) is 10.0 Å². The van der Waals surface area contributed by atoms with Gasteiger partial charge in [-0.3, -0.25) is 0 Å². The largest absolute Gasteiger partial charge is 0.508 e. The van der Waals surface area contributed by atoms with Gasteiger partial charge in [-0.25, -0.2) is 4.79 Å². The van der Waals surface area contributed by atoms with Crippen molar-refractivity contribution >= 4 is 45.7 Å². The summed E-state index contributed by atoms with van der Waals surface area (Å²) >= 11 is 12.4. The van der Waals surface area contributed by atoms with Crippen molar-refractivity contribution in [2.45, 2.75) is 38.1 Å². The van der Waals surface area contributed by atoms with E-state index in [0.717, 1.165) is 31.1 Å². The molecule has 3 N–H and O–H groups in total. The summed E-state index contributed by atoms with van der Waals surface area (Å²) in [5.74, 6) is 0.0894. The summed E-state index contributed by atoms with van der Waals surface area (Å²) in [6.45, 7) is 0. The van der Waals surface area contributed by atoms with Crippen LogP contribution < -0.4 is 10.6 Å². The molecule has 2 amide bonds. The number of benzene rings is 2. The number of halogens is 2. The first kappa shape index (κ1) is 16.2. The molecule has 1 aliphatic rings. The summed E-state index contributed by atoms with van der Waals surface area (Å²) in [6, 6.07) is 6.31. The number of phenols is 1. The highest BCUT2D eigenvalue weighted by molar-refractivity contribution is 6.41. The Kier molecular flexibility index (Phi) is 4.83. The summed E-state index contributed by atoms with van der Waals surface area (Å²) in [4.78, 5) is 12.3. The van der Waals surface area contributed by atoms with E-state index in [1.807, 2.05) is 0 Å². The van der Waals surface area contributed by atoms with Crippen molar-refractivity contribution in [2.75, 3.05) is 5.32 Å². The molecule has 4 nitrogen and oxygen atoms in total. The van der Waals surface area contributed by atoms with E-state index in [-0.39, 0.29) is 17.8 Å². The number of carbonyl (C=O) groups excluding carboxylic acids is 1. The quantitative estimate of drug-likeness (QED) is 0.685. The van der Waals surface area contributed by atoms with Gasteiger partial charge in [-0.05, 0) is 37.1 Å². The number of rotatable bonds is 2. The highest BCUT2D eigenvalue weighted by atomic mass is 35.5. The van der Waals surface area contributed by atoms with Crippen LogP contribution in [-0.2, 0) is 0 Å². The molecule has 23 heavy (non-hydrogen) atoms. The molecule has 6 heteroatoms. The lowest BCUT2D eigenvalue weighted by Crippen LogP contribution is -2.39. The third-order valence-electron chi connectivity index (χ3n) is 4.20. The van der Waals surface area contributed by atoms with Crippen LogP contribution in [-0.4, -0.2) is 17.2 Å². The van der Waals surface area contributed by atoms with Crippen LogP contribution in [0.1, 0.15) is 32.1 Å². The second-order valence-electron chi connectivity index (χ2n) is 5.88. The number of hydrogen-bond donors (Lipinski definition) is 3. The zero-order chi connectivity index (χ0) is 16.4. The number of carbonyl (C=O) groups is 1. The maximum absolute atomic E-state index is 12.3. The molecular formula is C17H18Cl2N2O2. The Morgan fingerprint density at radius 2 is 1.78 bits per heavy atom. The van der Waals surface area contributed by atoms with Crippen molar-refractivity contribution in [1.29, 1.82) is 0 Å². The van der Waals surface area contributed by atoms with Gasteiger partial charge in [0.1, 0.15) is 5.75 Å². The molecule has 122 valence electrons. The lowest BCUT2D eigenvalue weighted by molar-refractivity contribution is 0.244. The summed E-state index contributed by atoms with van der Waals surface area (Å²) in [6.07, 6.45) is 5.52. The lowest BCUT2D eigenvalue weighted by Gasteiger charge is -2.23. The summed E-state index contributed by atoms with van der Waals surface area (Å²) < 4.78 is 0. The minimum absolute atomic E-state index is 0.0894. The molecule has 1 aliphatic carbocycles. The first-order valence-electron chi connectivity index (χ1n) is 7.73. The standard InChI is InChI=1S/C17H18Cl2N2O2/c18-14-9-15(19)16(13-8-11(22)6-7-12(13)14)21-17(23)20-10-4-2-1-3-5-10/h6-10,22H,1-5H2,(H2,20,21,23). The van der Waals surface area contributed by atoms with Crippen LogP contribution >= 0.6 is 23.2 Å². The zero-order valence-electron chi connectivity index (χ0n) is 12.5. The second kappa shape index (κ2) is 6.85. The predicted octanol–water partition coefficient (Wildman–Crippen LogP) is 5.31. The van der Waals surface area contributed by atoms with Gasteiger partial charge in [0.2, 0.25) is 0 Å². The second-order valence-corrected chi connectivity index (χ2v) is 6.69. The van der Waals surface area contributed by atoms with Crippen molar-refractivity contribution in [1.82, 2.24) is 5.32 Å². The highest BCUT2D eigenvalue weighted by Gasteiger charge is 2.18. The molecule has 0 atom stereocenters. The fraction of sp³-hybridized carbons (Fsp3) is 0.353. The van der Waals surface area contributed by atoms with Crippen molar-refractivity contribution in [3.63, 3.8) is 0 Å². The molecule has 0 spiro atoms. The van der Waals surface area contributed by atoms with Gasteiger partial charge in [-0.1, -0.05) is 42.5 Å². The molecule has 0 unspecified atom stereocenters. The zero-order valence-corrected chi connectivity index (χ0v) is 14.0. The first-order valence-corrected chi connectivity index (χ1v) is 8.48. The molecule has 0 aliphatic heterocycles. The van der Waals surface area contributed by atoms with Crippen LogP contribution in [0.15, 0.2) is 24.3 Å².